The fourth-order valence-electron chi connectivity index (χ4n) is 2.63. The Kier molecular flexibility index (Phi) is 5.70. The van der Waals surface area contributed by atoms with Crippen LogP contribution in [0.3, 0.4) is 0 Å². The first-order valence-electron chi connectivity index (χ1n) is 7.51. The Labute approximate surface area is 174 Å². The Morgan fingerprint density at radius 1 is 0.964 bits per heavy atom. The lowest BCUT2D eigenvalue weighted by Gasteiger charge is -2.11. The number of sulfone groups is 1. The molecule has 2 aromatic carbocycles. The Bertz CT molecular complexity index is 1140. The zero-order valence-electron chi connectivity index (χ0n) is 13.9. The monoisotopic (exact) mass is 540 g/mol. The Morgan fingerprint density at radius 2 is 1.50 bits per heavy atom. The maximum absolute atomic E-state index is 14.3. The first-order valence-corrected chi connectivity index (χ1v) is 11.0. The van der Waals surface area contributed by atoms with Crippen molar-refractivity contribution in [2.45, 2.75) is 11.3 Å². The van der Waals surface area contributed by atoms with E-state index in [4.69, 9.17) is 0 Å². The number of nitrogens with zero attached hydrogens (tertiary/aromatic N) is 2. The molecule has 1 aromatic heterocycles. The van der Waals surface area contributed by atoms with Crippen molar-refractivity contribution in [1.29, 1.82) is 0 Å². The summed E-state index contributed by atoms with van der Waals surface area (Å²) in [6.45, 7) is 0. The largest absolute Gasteiger partial charge is 0.282 e. The van der Waals surface area contributed by atoms with Gasteiger partial charge in [0.1, 0.15) is 22.2 Å². The molecule has 3 rings (SSSR count). The van der Waals surface area contributed by atoms with Crippen LogP contribution >= 0.6 is 31.9 Å². The summed E-state index contributed by atoms with van der Waals surface area (Å²) in [5, 5.41) is 3.74. The van der Waals surface area contributed by atoms with Crippen LogP contribution in [0.25, 0.3) is 16.9 Å². The summed E-state index contributed by atoms with van der Waals surface area (Å²) in [5.74, 6) is -2.68. The molecular weight excluding hydrogens is 532 g/mol. The van der Waals surface area contributed by atoms with E-state index in [2.05, 4.69) is 37.0 Å². The van der Waals surface area contributed by atoms with Gasteiger partial charge in [0.05, 0.1) is 11.4 Å². The third kappa shape index (κ3) is 4.15. The van der Waals surface area contributed by atoms with Crippen LogP contribution in [0.1, 0.15) is 12.1 Å². The summed E-state index contributed by atoms with van der Waals surface area (Å²) in [4.78, 5) is -1.09. The highest BCUT2D eigenvalue weighted by atomic mass is 79.9. The molecule has 0 spiro atoms. The molecule has 0 aliphatic rings. The van der Waals surface area contributed by atoms with Gasteiger partial charge in [-0.25, -0.2) is 30.7 Å². The third-order valence-corrected chi connectivity index (χ3v) is 5.76. The van der Waals surface area contributed by atoms with Gasteiger partial charge in [0, 0.05) is 32.9 Å². The molecule has 4 nitrogen and oxygen atoms in total. The highest BCUT2D eigenvalue weighted by Gasteiger charge is 2.24. The molecule has 3 aromatic rings. The molecule has 11 heteroatoms. The molecule has 28 heavy (non-hydrogen) atoms. The molecule has 0 amide bonds. The lowest BCUT2D eigenvalue weighted by Crippen LogP contribution is -2.08. The van der Waals surface area contributed by atoms with E-state index in [9.17, 15) is 26.0 Å². The first kappa shape index (κ1) is 21.0. The zero-order valence-corrected chi connectivity index (χ0v) is 17.9. The van der Waals surface area contributed by atoms with E-state index in [-0.39, 0.29) is 11.4 Å². The van der Waals surface area contributed by atoms with Gasteiger partial charge in [0.25, 0.3) is 6.43 Å². The summed E-state index contributed by atoms with van der Waals surface area (Å²) in [6.07, 6.45) is -2.25. The summed E-state index contributed by atoms with van der Waals surface area (Å²) < 4.78 is 80.3. The minimum absolute atomic E-state index is 0.142. The van der Waals surface area contributed by atoms with Crippen LogP contribution in [0, 0.1) is 11.6 Å². The molecule has 0 aliphatic heterocycles. The molecule has 0 fully saturated rings. The predicted octanol–water partition coefficient (Wildman–Crippen LogP) is 5.68. The van der Waals surface area contributed by atoms with Gasteiger partial charge in [-0.15, -0.1) is 0 Å². The van der Waals surface area contributed by atoms with Gasteiger partial charge >= 0.3 is 0 Å². The number of benzene rings is 2. The van der Waals surface area contributed by atoms with E-state index >= 15 is 0 Å². The van der Waals surface area contributed by atoms with Crippen molar-refractivity contribution in [3.05, 3.63) is 62.7 Å². The number of hydrogen-bond acceptors (Lipinski definition) is 3. The van der Waals surface area contributed by atoms with Gasteiger partial charge in [-0.2, -0.15) is 5.10 Å². The van der Waals surface area contributed by atoms with Crippen molar-refractivity contribution in [2.75, 3.05) is 6.26 Å². The summed E-state index contributed by atoms with van der Waals surface area (Å²) in [7, 11) is -4.16. The topological polar surface area (TPSA) is 52.0 Å². The lowest BCUT2D eigenvalue weighted by molar-refractivity contribution is 0.145. The zero-order chi connectivity index (χ0) is 20.8. The van der Waals surface area contributed by atoms with Crippen molar-refractivity contribution in [2.24, 2.45) is 0 Å². The number of rotatable bonds is 4. The molecule has 0 aliphatic carbocycles. The normalized spacial score (nSPS) is 12.0. The van der Waals surface area contributed by atoms with Gasteiger partial charge in [0.15, 0.2) is 9.84 Å². The smallest absolute Gasteiger partial charge is 0.232 e. The second kappa shape index (κ2) is 7.60. The lowest BCUT2D eigenvalue weighted by atomic mass is 10.1. The van der Waals surface area contributed by atoms with Crippen LogP contribution in [-0.4, -0.2) is 24.5 Å². The fourth-order valence-corrected chi connectivity index (χ4v) is 4.75. The molecule has 0 unspecified atom stereocenters. The summed E-state index contributed by atoms with van der Waals surface area (Å²) in [6, 6.07) is 7.52. The molecular formula is C17H10Br2F4N2O2S. The maximum Gasteiger partial charge on any atom is 0.282 e. The fraction of sp³-hybridized carbons (Fsp3) is 0.118. The number of hydrogen-bond donors (Lipinski definition) is 0. The highest BCUT2D eigenvalue weighted by Crippen LogP contribution is 2.33. The summed E-state index contributed by atoms with van der Waals surface area (Å²) >= 11 is 6.57. The molecule has 0 saturated carbocycles. The molecule has 0 radical (unpaired) electrons. The van der Waals surface area contributed by atoms with Gasteiger partial charge in [0.2, 0.25) is 0 Å². The Morgan fingerprint density at radius 3 is 1.96 bits per heavy atom. The van der Waals surface area contributed by atoms with E-state index in [1.165, 1.54) is 0 Å². The van der Waals surface area contributed by atoms with E-state index < -0.39 is 38.5 Å². The van der Waals surface area contributed by atoms with E-state index in [1.807, 2.05) is 0 Å². The van der Waals surface area contributed by atoms with Crippen LogP contribution in [0.15, 0.2) is 50.2 Å². The average Bonchev–Trinajstić information content (AvgIpc) is 2.97. The number of alkyl halides is 2. The van der Waals surface area contributed by atoms with Crippen LogP contribution in [0.5, 0.6) is 0 Å². The van der Waals surface area contributed by atoms with Gasteiger partial charge < -0.3 is 0 Å². The van der Waals surface area contributed by atoms with Crippen molar-refractivity contribution < 1.29 is 26.0 Å². The molecule has 0 bridgehead atoms. The van der Waals surface area contributed by atoms with Crippen LogP contribution < -0.4 is 0 Å². The van der Waals surface area contributed by atoms with Crippen LogP contribution in [0.4, 0.5) is 17.6 Å². The number of halogens is 6. The maximum atomic E-state index is 14.3. The number of aromatic nitrogens is 2. The molecule has 0 N–H and O–H groups in total. The van der Waals surface area contributed by atoms with Crippen molar-refractivity contribution in [3.8, 4) is 16.9 Å². The van der Waals surface area contributed by atoms with Crippen LogP contribution in [0.2, 0.25) is 0 Å². The van der Waals surface area contributed by atoms with E-state index in [0.717, 1.165) is 22.9 Å². The van der Waals surface area contributed by atoms with E-state index in [1.54, 1.807) is 18.2 Å². The molecule has 1 heterocycles. The standard InChI is InChI=1S/C17H10Br2F4N2O2S/c1-28(26,27)16-12(20)5-11(6-13(16)21)25-15(7-14(24-25)17(22)23)8-2-9(18)4-10(19)3-8/h2-7,17H,1H3. The second-order valence-corrected chi connectivity index (χ2v) is 9.62. The predicted molar refractivity (Wildman–Crippen MR) is 102 cm³/mol. The van der Waals surface area contributed by atoms with Crippen molar-refractivity contribution >= 4 is 41.7 Å². The first-order chi connectivity index (χ1) is 13.0. The third-order valence-electron chi connectivity index (χ3n) is 3.71. The highest BCUT2D eigenvalue weighted by molar-refractivity contribution is 9.11. The molecule has 0 saturated heterocycles. The Balaban J connectivity index is 2.28. The Hall–Kier alpha value is -1.72. The SMILES string of the molecule is CS(=O)(=O)c1c(F)cc(-n2nc(C(F)F)cc2-c2cc(Br)cc(Br)c2)cc1F. The second-order valence-electron chi connectivity index (χ2n) is 5.84. The van der Waals surface area contributed by atoms with Gasteiger partial charge in [-0.05, 0) is 24.3 Å². The van der Waals surface area contributed by atoms with Gasteiger partial charge in [-0.1, -0.05) is 31.9 Å². The van der Waals surface area contributed by atoms with Crippen molar-refractivity contribution in [1.82, 2.24) is 9.78 Å². The van der Waals surface area contributed by atoms with Crippen LogP contribution in [-0.2, 0) is 9.84 Å². The van der Waals surface area contributed by atoms with Crippen molar-refractivity contribution in [3.63, 3.8) is 0 Å². The van der Waals surface area contributed by atoms with Gasteiger partial charge in [-0.3, -0.25) is 0 Å². The minimum atomic E-state index is -4.16. The molecule has 148 valence electrons. The quantitative estimate of drug-likeness (QED) is 0.399. The summed E-state index contributed by atoms with van der Waals surface area (Å²) in [5.41, 5.74) is -0.253. The minimum Gasteiger partial charge on any atom is -0.232 e. The van der Waals surface area contributed by atoms with E-state index in [0.29, 0.717) is 20.8 Å². The molecule has 0 atom stereocenters. The average molecular weight is 542 g/mol.